The Kier molecular flexibility index (Phi) is 5.08. The number of fused-ring (bicyclic) bond motifs is 3. The zero-order chi connectivity index (χ0) is 17.2. The zero-order valence-electron chi connectivity index (χ0n) is 15.9. The first kappa shape index (κ1) is 17.2. The van der Waals surface area contributed by atoms with E-state index < -0.39 is 0 Å². The third-order valence-electron chi connectivity index (χ3n) is 6.10. The number of hydrogen-bond donors (Lipinski definition) is 0. The Morgan fingerprint density at radius 2 is 1.83 bits per heavy atom. The van der Waals surface area contributed by atoms with Crippen molar-refractivity contribution in [3.8, 4) is 11.3 Å². The average Bonchev–Trinajstić information content (AvgIpc) is 2.76. The van der Waals surface area contributed by atoms with Crippen molar-refractivity contribution in [2.24, 2.45) is 0 Å². The summed E-state index contributed by atoms with van der Waals surface area (Å²) < 4.78 is 2.66. The van der Waals surface area contributed by atoms with Crippen molar-refractivity contribution < 1.29 is 4.57 Å². The van der Waals surface area contributed by atoms with Crippen LogP contribution in [-0.2, 0) is 18.4 Å². The summed E-state index contributed by atoms with van der Waals surface area (Å²) in [4.78, 5) is 0. The molecule has 0 saturated carbocycles. The molecule has 2 heterocycles. The minimum Gasteiger partial charge on any atom is -0.191 e. The van der Waals surface area contributed by atoms with Gasteiger partial charge >= 0.3 is 0 Å². The van der Waals surface area contributed by atoms with E-state index in [2.05, 4.69) is 68.7 Å². The Bertz CT molecular complexity index is 710. The van der Waals surface area contributed by atoms with E-state index in [9.17, 15) is 0 Å². The monoisotopic (exact) mass is 322 g/mol. The van der Waals surface area contributed by atoms with E-state index in [-0.39, 0.29) is 5.54 Å². The molecule has 1 aromatic heterocycles. The molecule has 0 atom stereocenters. The molecule has 0 aliphatic carbocycles. The Hall–Kier alpha value is -1.63. The summed E-state index contributed by atoms with van der Waals surface area (Å²) in [5.41, 5.74) is 7.55. The Morgan fingerprint density at radius 3 is 2.54 bits per heavy atom. The molecule has 0 radical (unpaired) electrons. The van der Waals surface area contributed by atoms with Gasteiger partial charge in [0.1, 0.15) is 0 Å². The van der Waals surface area contributed by atoms with Gasteiger partial charge in [0, 0.05) is 43.9 Å². The van der Waals surface area contributed by atoms with Gasteiger partial charge < -0.3 is 0 Å². The first-order valence-electron chi connectivity index (χ1n) is 9.79. The highest BCUT2D eigenvalue weighted by Gasteiger charge is 2.42. The molecule has 0 saturated heterocycles. The summed E-state index contributed by atoms with van der Waals surface area (Å²) in [6, 6.07) is 14.1. The molecule has 1 aliphatic heterocycles. The number of hydrogen-bond acceptors (Lipinski definition) is 0. The topological polar surface area (TPSA) is 3.88 Å². The van der Waals surface area contributed by atoms with Gasteiger partial charge in [-0.3, -0.25) is 0 Å². The molecule has 0 spiro atoms. The third kappa shape index (κ3) is 2.90. The highest BCUT2D eigenvalue weighted by atomic mass is 15.1. The lowest BCUT2D eigenvalue weighted by Gasteiger charge is -2.27. The first-order chi connectivity index (χ1) is 11.6. The molecule has 128 valence electrons. The molecule has 3 rings (SSSR count). The fraction of sp³-hybridized carbons (Fsp3) is 0.522. The van der Waals surface area contributed by atoms with Gasteiger partial charge in [-0.25, -0.2) is 0 Å². The van der Waals surface area contributed by atoms with Crippen LogP contribution in [0, 0.1) is 6.92 Å². The maximum atomic E-state index is 2.66. The second-order valence-corrected chi connectivity index (χ2v) is 7.41. The van der Waals surface area contributed by atoms with Gasteiger partial charge in [0.25, 0.3) is 0 Å². The number of aromatic nitrogens is 1. The van der Waals surface area contributed by atoms with Crippen LogP contribution in [0.5, 0.6) is 0 Å². The minimum absolute atomic E-state index is 0.253. The lowest BCUT2D eigenvalue weighted by atomic mass is 9.86. The molecule has 0 fully saturated rings. The van der Waals surface area contributed by atoms with Crippen LogP contribution in [0.15, 0.2) is 36.4 Å². The maximum absolute atomic E-state index is 2.66. The van der Waals surface area contributed by atoms with E-state index in [1.54, 1.807) is 0 Å². The highest BCUT2D eigenvalue weighted by Crippen LogP contribution is 2.35. The molecular formula is C23H32N+. The number of unbranched alkanes of at least 4 members (excludes halogenated alkanes) is 1. The van der Waals surface area contributed by atoms with Crippen LogP contribution in [0.1, 0.15) is 69.7 Å². The standard InChI is InChI=1S/C23H32N/c1-5-8-11-19-13-14-20-15-16-23(6-2,7-3)24-18(4)10-9-12-22(24)21(20)17-19/h9-10,12-14,17H,5-8,11,15-16H2,1-4H3/q+1. The van der Waals surface area contributed by atoms with Crippen molar-refractivity contribution in [3.05, 3.63) is 53.2 Å². The third-order valence-corrected chi connectivity index (χ3v) is 6.10. The van der Waals surface area contributed by atoms with Crippen LogP contribution in [0.3, 0.4) is 0 Å². The van der Waals surface area contributed by atoms with Crippen molar-refractivity contribution >= 4 is 0 Å². The summed E-state index contributed by atoms with van der Waals surface area (Å²) in [6.45, 7) is 9.26. The predicted octanol–water partition coefficient (Wildman–Crippen LogP) is 5.75. The molecule has 1 nitrogen and oxygen atoms in total. The Morgan fingerprint density at radius 1 is 1.04 bits per heavy atom. The number of aryl methyl sites for hydroxylation is 3. The summed E-state index contributed by atoms with van der Waals surface area (Å²) in [5, 5.41) is 0. The molecule has 1 heteroatoms. The second-order valence-electron chi connectivity index (χ2n) is 7.41. The van der Waals surface area contributed by atoms with E-state index in [1.807, 2.05) is 0 Å². The van der Waals surface area contributed by atoms with E-state index in [0.717, 1.165) is 0 Å². The summed E-state index contributed by atoms with van der Waals surface area (Å²) >= 11 is 0. The lowest BCUT2D eigenvalue weighted by molar-refractivity contribution is -0.762. The quantitative estimate of drug-likeness (QED) is 0.617. The number of pyridine rings is 1. The van der Waals surface area contributed by atoms with Crippen molar-refractivity contribution in [3.63, 3.8) is 0 Å². The number of rotatable bonds is 5. The van der Waals surface area contributed by atoms with Crippen LogP contribution in [0.4, 0.5) is 0 Å². The predicted molar refractivity (Wildman–Crippen MR) is 102 cm³/mol. The van der Waals surface area contributed by atoms with E-state index in [4.69, 9.17) is 0 Å². The SMILES string of the molecule is CCCCc1ccc2c(c1)-c1cccc(C)[n+]1C(CC)(CC)CC2. The van der Waals surface area contributed by atoms with Crippen LogP contribution in [0.2, 0.25) is 0 Å². The van der Waals surface area contributed by atoms with Gasteiger partial charge in [0.15, 0.2) is 11.2 Å². The second kappa shape index (κ2) is 7.09. The van der Waals surface area contributed by atoms with E-state index >= 15 is 0 Å². The zero-order valence-corrected chi connectivity index (χ0v) is 15.9. The van der Waals surface area contributed by atoms with Crippen LogP contribution in [-0.4, -0.2) is 0 Å². The molecule has 2 aromatic rings. The molecular weight excluding hydrogens is 290 g/mol. The van der Waals surface area contributed by atoms with Gasteiger partial charge in [0.2, 0.25) is 5.69 Å². The van der Waals surface area contributed by atoms with Crippen LogP contribution < -0.4 is 4.57 Å². The maximum Gasteiger partial charge on any atom is 0.213 e. The molecule has 0 amide bonds. The summed E-state index contributed by atoms with van der Waals surface area (Å²) in [6.07, 6.45) is 8.56. The summed E-state index contributed by atoms with van der Waals surface area (Å²) in [7, 11) is 0. The fourth-order valence-corrected chi connectivity index (χ4v) is 4.47. The van der Waals surface area contributed by atoms with Crippen LogP contribution in [0.25, 0.3) is 11.3 Å². The average molecular weight is 323 g/mol. The molecule has 24 heavy (non-hydrogen) atoms. The van der Waals surface area contributed by atoms with Crippen molar-refractivity contribution in [1.82, 2.24) is 0 Å². The first-order valence-corrected chi connectivity index (χ1v) is 9.79. The minimum atomic E-state index is 0.253. The van der Waals surface area contributed by atoms with Gasteiger partial charge in [-0.05, 0) is 42.5 Å². The Labute approximate surface area is 147 Å². The fourth-order valence-electron chi connectivity index (χ4n) is 4.47. The highest BCUT2D eigenvalue weighted by molar-refractivity contribution is 5.63. The van der Waals surface area contributed by atoms with E-state index in [0.29, 0.717) is 0 Å². The Balaban J connectivity index is 2.19. The van der Waals surface area contributed by atoms with Crippen molar-refractivity contribution in [2.75, 3.05) is 0 Å². The van der Waals surface area contributed by atoms with Crippen molar-refractivity contribution in [2.45, 2.75) is 78.2 Å². The smallest absolute Gasteiger partial charge is 0.191 e. The van der Waals surface area contributed by atoms with Crippen LogP contribution >= 0.6 is 0 Å². The molecule has 0 N–H and O–H groups in total. The van der Waals surface area contributed by atoms with Gasteiger partial charge in [-0.2, -0.15) is 4.57 Å². The normalized spacial score (nSPS) is 15.5. The number of benzene rings is 1. The van der Waals surface area contributed by atoms with Crippen molar-refractivity contribution in [1.29, 1.82) is 0 Å². The number of nitrogens with zero attached hydrogens (tertiary/aromatic N) is 1. The van der Waals surface area contributed by atoms with Gasteiger partial charge in [-0.15, -0.1) is 0 Å². The molecule has 0 bridgehead atoms. The van der Waals surface area contributed by atoms with Gasteiger partial charge in [0.05, 0.1) is 0 Å². The van der Waals surface area contributed by atoms with Gasteiger partial charge in [-0.1, -0.05) is 39.3 Å². The molecule has 1 aliphatic rings. The lowest BCUT2D eigenvalue weighted by Crippen LogP contribution is -2.58. The molecule has 0 unspecified atom stereocenters. The molecule has 1 aromatic carbocycles. The largest absolute Gasteiger partial charge is 0.213 e. The summed E-state index contributed by atoms with van der Waals surface area (Å²) in [5.74, 6) is 0. The van der Waals surface area contributed by atoms with E-state index in [1.165, 1.54) is 73.0 Å².